The van der Waals surface area contributed by atoms with Crippen molar-refractivity contribution >= 4 is 29.1 Å². The van der Waals surface area contributed by atoms with E-state index in [1.165, 1.54) is 12.8 Å². The molecule has 1 aliphatic rings. The predicted molar refractivity (Wildman–Crippen MR) is 76.9 cm³/mol. The lowest BCUT2D eigenvalue weighted by atomic mass is 10.0. The summed E-state index contributed by atoms with van der Waals surface area (Å²) in [6.45, 7) is 1.69. The van der Waals surface area contributed by atoms with Crippen LogP contribution in [-0.4, -0.2) is 42.0 Å². The number of carbonyl (C=O) groups excluding carboxylic acids is 1. The van der Waals surface area contributed by atoms with Gasteiger partial charge in [-0.25, -0.2) is 4.98 Å². The molecule has 1 N–H and O–H groups in total. The number of carbonyl (C=O) groups is 1. The van der Waals surface area contributed by atoms with Crippen molar-refractivity contribution < 1.29 is 4.79 Å². The van der Waals surface area contributed by atoms with Crippen molar-refractivity contribution in [3.63, 3.8) is 0 Å². The summed E-state index contributed by atoms with van der Waals surface area (Å²) in [5, 5.41) is 3.47. The maximum absolute atomic E-state index is 12.0. The van der Waals surface area contributed by atoms with E-state index in [-0.39, 0.29) is 16.8 Å². The van der Waals surface area contributed by atoms with E-state index in [4.69, 9.17) is 23.2 Å². The lowest BCUT2D eigenvalue weighted by Crippen LogP contribution is -2.44. The molecule has 1 aromatic heterocycles. The largest absolute Gasteiger partial charge is 0.349 e. The van der Waals surface area contributed by atoms with Crippen LogP contribution < -0.4 is 5.32 Å². The number of likely N-dealkylation sites (tertiary alicyclic amines) is 1. The van der Waals surface area contributed by atoms with E-state index in [9.17, 15) is 4.79 Å². The van der Waals surface area contributed by atoms with Gasteiger partial charge in [0.25, 0.3) is 5.91 Å². The molecule has 1 saturated heterocycles. The SMILES string of the molecule is CN1CCCCC1CNC(=O)c1nc(Cl)ccc1Cl. The zero-order valence-corrected chi connectivity index (χ0v) is 12.3. The Labute approximate surface area is 123 Å². The lowest BCUT2D eigenvalue weighted by Gasteiger charge is -2.32. The van der Waals surface area contributed by atoms with Crippen molar-refractivity contribution in [2.75, 3.05) is 20.1 Å². The Bertz CT molecular complexity index is 467. The van der Waals surface area contributed by atoms with Crippen LogP contribution in [0.3, 0.4) is 0 Å². The van der Waals surface area contributed by atoms with Gasteiger partial charge >= 0.3 is 0 Å². The van der Waals surface area contributed by atoms with Gasteiger partial charge in [-0.15, -0.1) is 0 Å². The third-order valence-corrected chi connectivity index (χ3v) is 3.96. The van der Waals surface area contributed by atoms with E-state index in [0.717, 1.165) is 13.0 Å². The Balaban J connectivity index is 1.95. The number of nitrogens with one attached hydrogen (secondary N) is 1. The van der Waals surface area contributed by atoms with Gasteiger partial charge in [0.15, 0.2) is 0 Å². The molecule has 104 valence electrons. The molecular weight excluding hydrogens is 285 g/mol. The molecule has 1 atom stereocenters. The van der Waals surface area contributed by atoms with Crippen LogP contribution in [0.5, 0.6) is 0 Å². The number of pyridine rings is 1. The normalized spacial score (nSPS) is 20.3. The number of nitrogens with zero attached hydrogens (tertiary/aromatic N) is 2. The Kier molecular flexibility index (Phi) is 5.02. The Morgan fingerprint density at radius 2 is 2.26 bits per heavy atom. The molecule has 0 saturated carbocycles. The van der Waals surface area contributed by atoms with E-state index in [0.29, 0.717) is 17.6 Å². The smallest absolute Gasteiger partial charge is 0.271 e. The van der Waals surface area contributed by atoms with E-state index in [2.05, 4.69) is 22.2 Å². The summed E-state index contributed by atoms with van der Waals surface area (Å²) in [5.41, 5.74) is 0.188. The maximum Gasteiger partial charge on any atom is 0.271 e. The van der Waals surface area contributed by atoms with Gasteiger partial charge < -0.3 is 10.2 Å². The molecule has 1 aromatic rings. The minimum Gasteiger partial charge on any atom is -0.349 e. The van der Waals surface area contributed by atoms with Gasteiger partial charge in [-0.05, 0) is 38.6 Å². The van der Waals surface area contributed by atoms with Crippen molar-refractivity contribution in [2.24, 2.45) is 0 Å². The number of amides is 1. The quantitative estimate of drug-likeness (QED) is 0.873. The van der Waals surface area contributed by atoms with E-state index in [1.54, 1.807) is 12.1 Å². The second kappa shape index (κ2) is 6.55. The summed E-state index contributed by atoms with van der Waals surface area (Å²) in [4.78, 5) is 18.3. The van der Waals surface area contributed by atoms with E-state index >= 15 is 0 Å². The Morgan fingerprint density at radius 1 is 1.47 bits per heavy atom. The van der Waals surface area contributed by atoms with Crippen molar-refractivity contribution in [1.82, 2.24) is 15.2 Å². The number of hydrogen-bond acceptors (Lipinski definition) is 3. The van der Waals surface area contributed by atoms with Crippen molar-refractivity contribution in [3.8, 4) is 0 Å². The maximum atomic E-state index is 12.0. The molecule has 1 fully saturated rings. The van der Waals surface area contributed by atoms with Crippen LogP contribution in [0.25, 0.3) is 0 Å². The lowest BCUT2D eigenvalue weighted by molar-refractivity contribution is 0.0924. The zero-order valence-electron chi connectivity index (χ0n) is 10.8. The molecule has 0 radical (unpaired) electrons. The number of aromatic nitrogens is 1. The molecular formula is C13H17Cl2N3O. The van der Waals surface area contributed by atoms with Gasteiger partial charge in [0.1, 0.15) is 10.8 Å². The molecule has 1 aliphatic heterocycles. The number of rotatable bonds is 3. The highest BCUT2D eigenvalue weighted by Crippen LogP contribution is 2.17. The number of hydrogen-bond donors (Lipinski definition) is 1. The van der Waals surface area contributed by atoms with Gasteiger partial charge in [-0.1, -0.05) is 29.6 Å². The van der Waals surface area contributed by atoms with Crippen LogP contribution in [-0.2, 0) is 0 Å². The summed E-state index contributed by atoms with van der Waals surface area (Å²) in [7, 11) is 2.08. The van der Waals surface area contributed by atoms with Gasteiger partial charge in [-0.3, -0.25) is 4.79 Å². The molecule has 19 heavy (non-hydrogen) atoms. The Hall–Kier alpha value is -0.840. The molecule has 0 spiro atoms. The van der Waals surface area contributed by atoms with E-state index in [1.807, 2.05) is 0 Å². The minimum absolute atomic E-state index is 0.188. The first-order chi connectivity index (χ1) is 9.08. The topological polar surface area (TPSA) is 45.2 Å². The molecule has 6 heteroatoms. The summed E-state index contributed by atoms with van der Waals surface area (Å²) in [6.07, 6.45) is 3.54. The van der Waals surface area contributed by atoms with Crippen molar-refractivity contribution in [2.45, 2.75) is 25.3 Å². The van der Waals surface area contributed by atoms with Gasteiger partial charge in [0, 0.05) is 12.6 Å². The molecule has 4 nitrogen and oxygen atoms in total. The second-order valence-electron chi connectivity index (χ2n) is 4.80. The highest BCUT2D eigenvalue weighted by molar-refractivity contribution is 6.34. The standard InChI is InChI=1S/C13H17Cl2N3O/c1-18-7-3-2-4-9(18)8-16-13(19)12-10(14)5-6-11(15)17-12/h5-6,9H,2-4,7-8H2,1H3,(H,16,19). The average molecular weight is 302 g/mol. The van der Waals surface area contributed by atoms with Crippen LogP contribution in [0.2, 0.25) is 10.2 Å². The highest BCUT2D eigenvalue weighted by Gasteiger charge is 2.20. The van der Waals surface area contributed by atoms with Crippen LogP contribution >= 0.6 is 23.2 Å². The first kappa shape index (κ1) is 14.6. The fraction of sp³-hybridized carbons (Fsp3) is 0.538. The molecule has 1 unspecified atom stereocenters. The van der Waals surface area contributed by atoms with E-state index < -0.39 is 0 Å². The Morgan fingerprint density at radius 3 is 3.00 bits per heavy atom. The molecule has 0 aromatic carbocycles. The summed E-state index contributed by atoms with van der Waals surface area (Å²) < 4.78 is 0. The third kappa shape index (κ3) is 3.81. The van der Waals surface area contributed by atoms with Crippen LogP contribution in [0.4, 0.5) is 0 Å². The number of piperidine rings is 1. The van der Waals surface area contributed by atoms with Crippen LogP contribution in [0, 0.1) is 0 Å². The van der Waals surface area contributed by atoms with Crippen molar-refractivity contribution in [3.05, 3.63) is 28.0 Å². The monoisotopic (exact) mass is 301 g/mol. The number of likely N-dealkylation sites (N-methyl/N-ethyl adjacent to an activating group) is 1. The fourth-order valence-corrected chi connectivity index (χ4v) is 2.61. The molecule has 2 heterocycles. The average Bonchev–Trinajstić information content (AvgIpc) is 2.40. The summed E-state index contributed by atoms with van der Waals surface area (Å²) >= 11 is 11.7. The third-order valence-electron chi connectivity index (χ3n) is 3.45. The van der Waals surface area contributed by atoms with Gasteiger partial charge in [0.2, 0.25) is 0 Å². The van der Waals surface area contributed by atoms with Gasteiger partial charge in [0.05, 0.1) is 5.02 Å². The van der Waals surface area contributed by atoms with Crippen LogP contribution in [0.1, 0.15) is 29.8 Å². The van der Waals surface area contributed by atoms with Gasteiger partial charge in [-0.2, -0.15) is 0 Å². The summed E-state index contributed by atoms with van der Waals surface area (Å²) in [6, 6.07) is 3.53. The highest BCUT2D eigenvalue weighted by atomic mass is 35.5. The molecule has 1 amide bonds. The molecule has 0 bridgehead atoms. The minimum atomic E-state index is -0.272. The van der Waals surface area contributed by atoms with Crippen molar-refractivity contribution in [1.29, 1.82) is 0 Å². The molecule has 0 aliphatic carbocycles. The fourth-order valence-electron chi connectivity index (χ4n) is 2.27. The first-order valence-electron chi connectivity index (χ1n) is 6.38. The molecule has 2 rings (SSSR count). The zero-order chi connectivity index (χ0) is 13.8. The number of halogens is 2. The predicted octanol–water partition coefficient (Wildman–Crippen LogP) is 2.60. The summed E-state index contributed by atoms with van der Waals surface area (Å²) in [5.74, 6) is -0.272. The van der Waals surface area contributed by atoms with Crippen LogP contribution in [0.15, 0.2) is 12.1 Å². The first-order valence-corrected chi connectivity index (χ1v) is 7.14. The second-order valence-corrected chi connectivity index (χ2v) is 5.60.